The van der Waals surface area contributed by atoms with Crippen LogP contribution >= 0.6 is 7.80 Å². The molecule has 3 fully saturated rings. The monoisotopic (exact) mass is 296 g/mol. The second kappa shape index (κ2) is 6.77. The van der Waals surface area contributed by atoms with E-state index >= 15 is 0 Å². The summed E-state index contributed by atoms with van der Waals surface area (Å²) < 4.78 is 12.4. The van der Waals surface area contributed by atoms with Gasteiger partial charge in [0.15, 0.2) is 0 Å². The predicted octanol–water partition coefficient (Wildman–Crippen LogP) is 4.52. The Hall–Kier alpha value is -0.100. The fourth-order valence-corrected chi connectivity index (χ4v) is 7.03. The maximum atomic E-state index is 12.4. The van der Waals surface area contributed by atoms with Crippen molar-refractivity contribution in [1.29, 1.82) is 0 Å². The van der Waals surface area contributed by atoms with E-state index in [1.165, 1.54) is 38.5 Å². The molecule has 0 spiro atoms. The fourth-order valence-electron chi connectivity index (χ4n) is 5.01. The topological polar surface area (TPSA) is 34.1 Å². The van der Waals surface area contributed by atoms with Crippen molar-refractivity contribution in [2.24, 2.45) is 23.7 Å². The molecule has 2 saturated carbocycles. The first-order valence-corrected chi connectivity index (χ1v) is 10.6. The molecular formula is C17H29O2P. The van der Waals surface area contributed by atoms with Crippen molar-refractivity contribution in [3.63, 3.8) is 0 Å². The number of ketones is 1. The van der Waals surface area contributed by atoms with Gasteiger partial charge in [0.1, 0.15) is 5.78 Å². The van der Waals surface area contributed by atoms with Crippen LogP contribution in [0, 0.1) is 23.7 Å². The molecule has 0 aromatic heterocycles. The third-order valence-corrected chi connectivity index (χ3v) is 8.03. The van der Waals surface area contributed by atoms with Crippen LogP contribution in [-0.2, 0) is 9.36 Å². The van der Waals surface area contributed by atoms with Gasteiger partial charge >= 0.3 is 0 Å². The molecule has 1 aliphatic heterocycles. The Labute approximate surface area is 123 Å². The molecule has 0 bridgehead atoms. The molecule has 1 saturated heterocycles. The molecule has 2 aliphatic carbocycles. The average molecular weight is 296 g/mol. The Morgan fingerprint density at radius 1 is 0.800 bits per heavy atom. The van der Waals surface area contributed by atoms with Crippen LogP contribution in [0.5, 0.6) is 0 Å². The summed E-state index contributed by atoms with van der Waals surface area (Å²) in [6.45, 7) is 0. The van der Waals surface area contributed by atoms with E-state index in [4.69, 9.17) is 0 Å². The number of hydrogen-bond acceptors (Lipinski definition) is 2. The molecule has 2 nitrogen and oxygen atoms in total. The molecule has 3 rings (SSSR count). The molecule has 20 heavy (non-hydrogen) atoms. The zero-order valence-electron chi connectivity index (χ0n) is 12.6. The van der Waals surface area contributed by atoms with Crippen LogP contribution in [0.3, 0.4) is 0 Å². The smallest absolute Gasteiger partial charge is 0.133 e. The molecule has 3 heteroatoms. The highest BCUT2D eigenvalue weighted by atomic mass is 31.1. The van der Waals surface area contributed by atoms with Crippen LogP contribution in [0.4, 0.5) is 0 Å². The number of fused-ring (bicyclic) bond motifs is 2. The van der Waals surface area contributed by atoms with Gasteiger partial charge in [-0.3, -0.25) is 4.79 Å². The maximum Gasteiger partial charge on any atom is 0.133 e. The summed E-state index contributed by atoms with van der Waals surface area (Å²) in [5.74, 6) is 3.21. The quantitative estimate of drug-likeness (QED) is 0.616. The Kier molecular flexibility index (Phi) is 5.02. The van der Waals surface area contributed by atoms with Crippen molar-refractivity contribution in [3.8, 4) is 0 Å². The lowest BCUT2D eigenvalue weighted by atomic mass is 9.86. The molecule has 0 amide bonds. The highest BCUT2D eigenvalue weighted by Crippen LogP contribution is 2.44. The first-order valence-electron chi connectivity index (χ1n) is 8.76. The Bertz CT molecular complexity index is 343. The molecule has 0 aromatic rings. The minimum Gasteiger partial charge on any atom is -0.327 e. The van der Waals surface area contributed by atoms with Gasteiger partial charge in [-0.15, -0.1) is 0 Å². The molecule has 3 aliphatic rings. The van der Waals surface area contributed by atoms with E-state index in [2.05, 4.69) is 0 Å². The largest absolute Gasteiger partial charge is 0.327 e. The molecule has 1 heterocycles. The second-order valence-corrected chi connectivity index (χ2v) is 9.45. The van der Waals surface area contributed by atoms with Crippen LogP contribution in [0.25, 0.3) is 0 Å². The van der Waals surface area contributed by atoms with E-state index < -0.39 is 7.80 Å². The molecule has 114 valence electrons. The van der Waals surface area contributed by atoms with Crippen molar-refractivity contribution >= 4 is 13.6 Å². The van der Waals surface area contributed by atoms with Gasteiger partial charge < -0.3 is 4.57 Å². The van der Waals surface area contributed by atoms with E-state index in [1.54, 1.807) is 0 Å². The van der Waals surface area contributed by atoms with Crippen molar-refractivity contribution in [1.82, 2.24) is 0 Å². The van der Waals surface area contributed by atoms with Gasteiger partial charge in [0.05, 0.1) is 7.80 Å². The first kappa shape index (κ1) is 14.8. The van der Waals surface area contributed by atoms with E-state index in [0.717, 1.165) is 38.0 Å². The lowest BCUT2D eigenvalue weighted by Gasteiger charge is -2.23. The zero-order chi connectivity index (χ0) is 13.9. The summed E-state index contributed by atoms with van der Waals surface area (Å²) in [5.41, 5.74) is 0. The summed E-state index contributed by atoms with van der Waals surface area (Å²) in [5, 5.41) is 0. The minimum absolute atomic E-state index is 0.515. The number of carbonyl (C=O) groups excluding carboxylic acids is 1. The molecule has 0 aromatic carbocycles. The van der Waals surface area contributed by atoms with E-state index in [0.29, 0.717) is 29.5 Å². The van der Waals surface area contributed by atoms with Crippen LogP contribution < -0.4 is 0 Å². The predicted molar refractivity (Wildman–Crippen MR) is 83.9 cm³/mol. The normalized spacial score (nSPS) is 43.4. The number of carbonyl (C=O) groups is 1. The van der Waals surface area contributed by atoms with Crippen molar-refractivity contribution in [2.45, 2.75) is 64.2 Å². The lowest BCUT2D eigenvalue weighted by Crippen LogP contribution is -2.18. The standard InChI is InChI=1S/C17H29O2P/c18-17-8-7-13-3-2-6-16(13)12-20(19)10-9-14-4-1-5-15(14)11-17/h13-16,20H,1-12H2. The van der Waals surface area contributed by atoms with Crippen LogP contribution in [0.1, 0.15) is 64.2 Å². The number of hydrogen-bond donors (Lipinski definition) is 0. The van der Waals surface area contributed by atoms with Gasteiger partial charge in [0.2, 0.25) is 0 Å². The summed E-state index contributed by atoms with van der Waals surface area (Å²) in [6.07, 6.45) is 13.4. The van der Waals surface area contributed by atoms with Crippen molar-refractivity contribution in [3.05, 3.63) is 0 Å². The Balaban J connectivity index is 1.67. The average Bonchev–Trinajstić information content (AvgIpc) is 3.02. The Morgan fingerprint density at radius 3 is 2.25 bits per heavy atom. The summed E-state index contributed by atoms with van der Waals surface area (Å²) in [6, 6.07) is 0. The summed E-state index contributed by atoms with van der Waals surface area (Å²) in [4.78, 5) is 12.2. The molecular weight excluding hydrogens is 267 g/mol. The van der Waals surface area contributed by atoms with Crippen molar-refractivity contribution in [2.75, 3.05) is 12.3 Å². The van der Waals surface area contributed by atoms with Gasteiger partial charge in [-0.25, -0.2) is 0 Å². The molecule has 0 radical (unpaired) electrons. The third kappa shape index (κ3) is 3.56. The number of Topliss-reactive ketones (excluding diaryl/α,β-unsaturated/α-hetero) is 1. The van der Waals surface area contributed by atoms with Gasteiger partial charge in [-0.05, 0) is 55.5 Å². The van der Waals surface area contributed by atoms with E-state index in [1.807, 2.05) is 0 Å². The molecule has 5 atom stereocenters. The fraction of sp³-hybridized carbons (Fsp3) is 0.941. The maximum absolute atomic E-state index is 12.4. The van der Waals surface area contributed by atoms with Crippen LogP contribution in [0.15, 0.2) is 0 Å². The van der Waals surface area contributed by atoms with Gasteiger partial charge in [0, 0.05) is 19.0 Å². The first-order chi connectivity index (χ1) is 9.72. The highest BCUT2D eigenvalue weighted by molar-refractivity contribution is 7.44. The summed E-state index contributed by atoms with van der Waals surface area (Å²) in [7, 11) is -1.36. The molecule has 0 N–H and O–H groups in total. The van der Waals surface area contributed by atoms with Crippen LogP contribution in [-0.4, -0.2) is 18.1 Å². The van der Waals surface area contributed by atoms with E-state index in [9.17, 15) is 9.36 Å². The SMILES string of the molecule is O=C1CCC2CCCC2C[PH](=O)CCC2CCCC2C1. The van der Waals surface area contributed by atoms with Gasteiger partial charge in [0.25, 0.3) is 0 Å². The summed E-state index contributed by atoms with van der Waals surface area (Å²) >= 11 is 0. The zero-order valence-corrected chi connectivity index (χ0v) is 13.6. The number of rotatable bonds is 0. The van der Waals surface area contributed by atoms with Gasteiger partial charge in [-0.1, -0.05) is 25.7 Å². The van der Waals surface area contributed by atoms with Crippen LogP contribution in [0.2, 0.25) is 0 Å². The molecule has 5 unspecified atom stereocenters. The lowest BCUT2D eigenvalue weighted by molar-refractivity contribution is -0.120. The van der Waals surface area contributed by atoms with E-state index in [-0.39, 0.29) is 0 Å². The second-order valence-electron chi connectivity index (χ2n) is 7.47. The highest BCUT2D eigenvalue weighted by Gasteiger charge is 2.33. The Morgan fingerprint density at radius 2 is 1.45 bits per heavy atom. The minimum atomic E-state index is -1.36. The van der Waals surface area contributed by atoms with Gasteiger partial charge in [-0.2, -0.15) is 0 Å². The third-order valence-electron chi connectivity index (χ3n) is 6.20. The van der Waals surface area contributed by atoms with Crippen molar-refractivity contribution < 1.29 is 9.36 Å².